The monoisotopic (exact) mass is 314 g/mol. The van der Waals surface area contributed by atoms with Crippen molar-refractivity contribution in [3.8, 4) is 0 Å². The number of hydrogen-bond donors (Lipinski definition) is 1. The Bertz CT molecular complexity index is 555. The molecule has 0 aromatic heterocycles. The number of carbonyl (C=O) groups excluding carboxylic acids is 1. The van der Waals surface area contributed by atoms with Crippen LogP contribution >= 0.6 is 0 Å². The van der Waals surface area contributed by atoms with Crippen molar-refractivity contribution in [3.63, 3.8) is 0 Å². The lowest BCUT2D eigenvalue weighted by molar-refractivity contribution is -0.140. The fourth-order valence-corrected chi connectivity index (χ4v) is 3.21. The molecule has 1 aromatic rings. The molecule has 0 spiro atoms. The number of hydrogen-bond acceptors (Lipinski definition) is 5. The van der Waals surface area contributed by atoms with E-state index in [0.717, 1.165) is 5.56 Å². The predicted octanol–water partition coefficient (Wildman–Crippen LogP) is 1.37. The van der Waals surface area contributed by atoms with Crippen LogP contribution in [0.2, 0.25) is 0 Å². The Hall–Kier alpha value is -1.60. The van der Waals surface area contributed by atoms with Gasteiger partial charge in [-0.05, 0) is 31.0 Å². The highest BCUT2D eigenvalue weighted by Gasteiger charge is 2.25. The Morgan fingerprint density at radius 2 is 1.86 bits per heavy atom. The molecule has 1 rings (SSSR count). The second-order valence-electron chi connectivity index (χ2n) is 4.64. The lowest BCUT2D eigenvalue weighted by Gasteiger charge is -2.21. The number of benzene rings is 1. The van der Waals surface area contributed by atoms with Gasteiger partial charge in [-0.25, -0.2) is 8.42 Å². The molecular formula is C14H22N2O4S. The summed E-state index contributed by atoms with van der Waals surface area (Å²) < 4.78 is 30.6. The van der Waals surface area contributed by atoms with Crippen LogP contribution in [-0.2, 0) is 26.1 Å². The highest BCUT2D eigenvalue weighted by atomic mass is 32.2. The van der Waals surface area contributed by atoms with E-state index in [9.17, 15) is 13.2 Å². The van der Waals surface area contributed by atoms with Crippen molar-refractivity contribution < 1.29 is 17.9 Å². The Kier molecular flexibility index (Phi) is 6.64. The first-order valence-electron chi connectivity index (χ1n) is 6.87. The minimum absolute atomic E-state index is 0.167. The fourth-order valence-electron chi connectivity index (χ4n) is 1.84. The summed E-state index contributed by atoms with van der Waals surface area (Å²) in [7, 11) is -3.69. The molecular weight excluding hydrogens is 292 g/mol. The number of esters is 1. The molecule has 0 aliphatic rings. The van der Waals surface area contributed by atoms with Gasteiger partial charge in [-0.2, -0.15) is 4.31 Å². The van der Waals surface area contributed by atoms with Crippen molar-refractivity contribution in [2.45, 2.75) is 26.8 Å². The van der Waals surface area contributed by atoms with E-state index in [4.69, 9.17) is 10.5 Å². The zero-order valence-electron chi connectivity index (χ0n) is 12.4. The highest BCUT2D eigenvalue weighted by Crippen LogP contribution is 2.13. The lowest BCUT2D eigenvalue weighted by Crippen LogP contribution is -2.36. The second-order valence-corrected chi connectivity index (χ2v) is 6.61. The van der Waals surface area contributed by atoms with Crippen LogP contribution in [0.15, 0.2) is 24.3 Å². The topological polar surface area (TPSA) is 89.7 Å². The summed E-state index contributed by atoms with van der Waals surface area (Å²) in [5, 5.41) is 0. The maximum atomic E-state index is 12.3. The number of ether oxygens (including phenoxy) is 1. The van der Waals surface area contributed by atoms with Crippen LogP contribution in [0.5, 0.6) is 0 Å². The van der Waals surface area contributed by atoms with E-state index in [1.807, 2.05) is 6.92 Å². The lowest BCUT2D eigenvalue weighted by atomic mass is 10.2. The first-order valence-corrected chi connectivity index (χ1v) is 8.47. The Morgan fingerprint density at radius 3 is 2.38 bits per heavy atom. The van der Waals surface area contributed by atoms with Crippen molar-refractivity contribution in [2.75, 3.05) is 24.6 Å². The van der Waals surface area contributed by atoms with Crippen molar-refractivity contribution in [1.29, 1.82) is 0 Å². The molecule has 7 heteroatoms. The summed E-state index contributed by atoms with van der Waals surface area (Å²) >= 11 is 0. The molecule has 0 fully saturated rings. The average Bonchev–Trinajstić information content (AvgIpc) is 2.40. The van der Waals surface area contributed by atoms with E-state index in [1.165, 1.54) is 4.31 Å². The number of carbonyl (C=O) groups is 1. The molecule has 0 amide bonds. The van der Waals surface area contributed by atoms with E-state index >= 15 is 0 Å². The van der Waals surface area contributed by atoms with Gasteiger partial charge >= 0.3 is 5.97 Å². The quantitative estimate of drug-likeness (QED) is 0.578. The Morgan fingerprint density at radius 1 is 1.24 bits per heavy atom. The molecule has 21 heavy (non-hydrogen) atoms. The molecule has 2 N–H and O–H groups in total. The van der Waals surface area contributed by atoms with Crippen LogP contribution in [0.25, 0.3) is 0 Å². The van der Waals surface area contributed by atoms with Gasteiger partial charge in [-0.1, -0.05) is 19.1 Å². The van der Waals surface area contributed by atoms with Crippen LogP contribution in [0.3, 0.4) is 0 Å². The summed E-state index contributed by atoms with van der Waals surface area (Å²) in [6.45, 7) is 4.26. The van der Waals surface area contributed by atoms with Gasteiger partial charge in [-0.3, -0.25) is 4.79 Å². The standard InChI is InChI=1S/C14H22N2O4S/c1-3-9-16(10-12-5-7-13(15)8-6-12)21(18,19)11-14(17)20-4-2/h5-8H,3-4,9-11,15H2,1-2H3. The minimum atomic E-state index is -3.69. The zero-order chi connectivity index (χ0) is 15.9. The van der Waals surface area contributed by atoms with Crippen molar-refractivity contribution in [3.05, 3.63) is 29.8 Å². The summed E-state index contributed by atoms with van der Waals surface area (Å²) in [6.07, 6.45) is 0.664. The number of rotatable bonds is 8. The van der Waals surface area contributed by atoms with Crippen molar-refractivity contribution >= 4 is 21.7 Å². The van der Waals surface area contributed by atoms with Crippen LogP contribution in [-0.4, -0.2) is 37.6 Å². The number of anilines is 1. The molecule has 0 radical (unpaired) electrons. The third-order valence-corrected chi connectivity index (χ3v) is 4.51. The van der Waals surface area contributed by atoms with Crippen molar-refractivity contribution in [2.24, 2.45) is 0 Å². The van der Waals surface area contributed by atoms with E-state index in [0.29, 0.717) is 18.7 Å². The molecule has 6 nitrogen and oxygen atoms in total. The maximum Gasteiger partial charge on any atom is 0.322 e. The normalized spacial score (nSPS) is 11.6. The molecule has 0 unspecified atom stereocenters. The van der Waals surface area contributed by atoms with E-state index < -0.39 is 21.7 Å². The third-order valence-electron chi connectivity index (χ3n) is 2.81. The molecule has 0 atom stereocenters. The molecule has 118 valence electrons. The molecule has 0 saturated carbocycles. The minimum Gasteiger partial charge on any atom is -0.465 e. The van der Waals surface area contributed by atoms with Gasteiger partial charge in [0.2, 0.25) is 10.0 Å². The fraction of sp³-hybridized carbons (Fsp3) is 0.500. The van der Waals surface area contributed by atoms with E-state index in [-0.39, 0.29) is 13.2 Å². The maximum absolute atomic E-state index is 12.3. The van der Waals surface area contributed by atoms with Crippen molar-refractivity contribution in [1.82, 2.24) is 4.31 Å². The number of sulfonamides is 1. The van der Waals surface area contributed by atoms with Gasteiger partial charge in [0.1, 0.15) is 0 Å². The Labute approximate surface area is 125 Å². The second kappa shape index (κ2) is 7.99. The van der Waals surface area contributed by atoms with E-state index in [1.54, 1.807) is 31.2 Å². The van der Waals surface area contributed by atoms with E-state index in [2.05, 4.69) is 0 Å². The van der Waals surface area contributed by atoms with Gasteiger partial charge in [0.25, 0.3) is 0 Å². The number of nitrogens with zero attached hydrogens (tertiary/aromatic N) is 1. The smallest absolute Gasteiger partial charge is 0.322 e. The van der Waals surface area contributed by atoms with Crippen LogP contribution in [0.4, 0.5) is 5.69 Å². The van der Waals surface area contributed by atoms with Gasteiger partial charge in [-0.15, -0.1) is 0 Å². The van der Waals surface area contributed by atoms with Gasteiger partial charge in [0.05, 0.1) is 6.61 Å². The van der Waals surface area contributed by atoms with Gasteiger partial charge in [0, 0.05) is 18.8 Å². The number of nitrogens with two attached hydrogens (primary N) is 1. The highest BCUT2D eigenvalue weighted by molar-refractivity contribution is 7.89. The third kappa shape index (κ3) is 5.73. The van der Waals surface area contributed by atoms with Crippen LogP contribution in [0.1, 0.15) is 25.8 Å². The predicted molar refractivity (Wildman–Crippen MR) is 82.0 cm³/mol. The van der Waals surface area contributed by atoms with Crippen LogP contribution < -0.4 is 5.73 Å². The van der Waals surface area contributed by atoms with Crippen LogP contribution in [0, 0.1) is 0 Å². The summed E-state index contributed by atoms with van der Waals surface area (Å²) in [5.41, 5.74) is 7.05. The summed E-state index contributed by atoms with van der Waals surface area (Å²) in [6, 6.07) is 6.99. The molecule has 0 saturated heterocycles. The SMILES string of the molecule is CCCN(Cc1ccc(N)cc1)S(=O)(=O)CC(=O)OCC. The molecule has 0 heterocycles. The summed E-state index contributed by atoms with van der Waals surface area (Å²) in [5.74, 6) is -1.36. The average molecular weight is 314 g/mol. The molecule has 1 aromatic carbocycles. The first kappa shape index (κ1) is 17.5. The molecule has 0 aliphatic carbocycles. The van der Waals surface area contributed by atoms with Gasteiger partial charge < -0.3 is 10.5 Å². The first-order chi connectivity index (χ1) is 9.89. The largest absolute Gasteiger partial charge is 0.465 e. The molecule has 0 aliphatic heterocycles. The summed E-state index contributed by atoms with van der Waals surface area (Å²) in [4.78, 5) is 11.4. The van der Waals surface area contributed by atoms with Gasteiger partial charge in [0.15, 0.2) is 5.75 Å². The molecule has 0 bridgehead atoms. The number of nitrogen functional groups attached to an aromatic ring is 1. The Balaban J connectivity index is 2.84. The zero-order valence-corrected chi connectivity index (χ0v) is 13.2.